The van der Waals surface area contributed by atoms with Crippen LogP contribution in [0.1, 0.15) is 48.6 Å². The van der Waals surface area contributed by atoms with E-state index in [0.717, 1.165) is 22.3 Å². The Labute approximate surface area is 198 Å². The fourth-order valence-corrected chi connectivity index (χ4v) is 4.37. The average molecular weight is 461 g/mol. The predicted molar refractivity (Wildman–Crippen MR) is 133 cm³/mol. The van der Waals surface area contributed by atoms with Gasteiger partial charge in [-0.05, 0) is 67.6 Å². The van der Waals surface area contributed by atoms with E-state index in [1.165, 1.54) is 22.3 Å². The van der Waals surface area contributed by atoms with Gasteiger partial charge in [0.15, 0.2) is 0 Å². The lowest BCUT2D eigenvalue weighted by Crippen LogP contribution is -2.25. The molecule has 0 saturated carbocycles. The van der Waals surface area contributed by atoms with Crippen molar-refractivity contribution in [1.29, 1.82) is 0 Å². The number of hydrogen-bond donors (Lipinski definition) is 1. The summed E-state index contributed by atoms with van der Waals surface area (Å²) in [6, 6.07) is 13.9. The van der Waals surface area contributed by atoms with E-state index in [0.29, 0.717) is 29.2 Å². The summed E-state index contributed by atoms with van der Waals surface area (Å²) in [7, 11) is 1.68. The first kappa shape index (κ1) is 23.4. The van der Waals surface area contributed by atoms with Crippen molar-refractivity contribution < 1.29 is 9.18 Å². The maximum absolute atomic E-state index is 13.8. The summed E-state index contributed by atoms with van der Waals surface area (Å²) in [6.45, 7) is 7.99. The summed E-state index contributed by atoms with van der Waals surface area (Å²) in [4.78, 5) is 25.8. The Bertz CT molecular complexity index is 1430. The molecule has 0 atom stereocenters. The number of nitrogens with one attached hydrogen (secondary N) is 1. The molecule has 0 fully saturated rings. The van der Waals surface area contributed by atoms with E-state index in [-0.39, 0.29) is 23.7 Å². The van der Waals surface area contributed by atoms with E-state index >= 15 is 0 Å². The molecule has 0 aliphatic rings. The number of halogens is 1. The molecule has 0 radical (unpaired) electrons. The largest absolute Gasteiger partial charge is 0.326 e. The molecule has 0 aliphatic heterocycles. The van der Waals surface area contributed by atoms with Crippen molar-refractivity contribution in [2.75, 3.05) is 5.32 Å². The Balaban J connectivity index is 1.62. The lowest BCUT2D eigenvalue weighted by Gasteiger charge is -2.13. The molecule has 176 valence electrons. The number of fused-ring (bicyclic) bond motifs is 1. The molecule has 2 aromatic carbocycles. The van der Waals surface area contributed by atoms with Gasteiger partial charge in [0.1, 0.15) is 11.5 Å². The maximum Gasteiger partial charge on any atom is 0.255 e. The Kier molecular flexibility index (Phi) is 6.37. The zero-order valence-corrected chi connectivity index (χ0v) is 20.1. The van der Waals surface area contributed by atoms with Crippen molar-refractivity contribution in [3.63, 3.8) is 0 Å². The molecule has 2 heterocycles. The van der Waals surface area contributed by atoms with Gasteiger partial charge in [-0.1, -0.05) is 32.0 Å². The highest BCUT2D eigenvalue weighted by Gasteiger charge is 2.20. The van der Waals surface area contributed by atoms with Crippen molar-refractivity contribution in [2.24, 2.45) is 7.05 Å². The second kappa shape index (κ2) is 9.25. The Morgan fingerprint density at radius 1 is 1.12 bits per heavy atom. The summed E-state index contributed by atoms with van der Waals surface area (Å²) >= 11 is 0. The number of rotatable bonds is 6. The smallest absolute Gasteiger partial charge is 0.255 e. The molecule has 0 saturated heterocycles. The van der Waals surface area contributed by atoms with E-state index in [1.54, 1.807) is 23.9 Å². The summed E-state index contributed by atoms with van der Waals surface area (Å²) in [5.41, 5.74) is 5.03. The van der Waals surface area contributed by atoms with Crippen LogP contribution in [0.3, 0.4) is 0 Å². The second-order valence-corrected chi connectivity index (χ2v) is 8.97. The van der Waals surface area contributed by atoms with E-state index in [4.69, 9.17) is 0 Å². The number of aromatic nitrogens is 3. The van der Waals surface area contributed by atoms with Crippen LogP contribution in [0.25, 0.3) is 16.7 Å². The van der Waals surface area contributed by atoms with Crippen LogP contribution < -0.4 is 10.9 Å². The van der Waals surface area contributed by atoms with Crippen molar-refractivity contribution in [3.8, 4) is 5.69 Å². The van der Waals surface area contributed by atoms with Gasteiger partial charge < -0.3 is 5.32 Å². The average Bonchev–Trinajstić information content (AvgIpc) is 3.15. The van der Waals surface area contributed by atoms with E-state index in [9.17, 15) is 14.0 Å². The summed E-state index contributed by atoms with van der Waals surface area (Å²) in [5.74, 6) is -0.0967. The van der Waals surface area contributed by atoms with Gasteiger partial charge >= 0.3 is 0 Å². The van der Waals surface area contributed by atoms with Crippen molar-refractivity contribution in [2.45, 2.75) is 46.5 Å². The zero-order valence-electron chi connectivity index (χ0n) is 20.1. The number of aryl methyl sites for hydroxylation is 3. The first-order chi connectivity index (χ1) is 16.2. The fraction of sp³-hybridized carbons (Fsp3) is 0.296. The number of carbonyl (C=O) groups is 1. The minimum absolute atomic E-state index is 0.147. The normalized spacial score (nSPS) is 11.4. The molecule has 0 aliphatic carbocycles. The standard InChI is InChI=1S/C27H29FN4O2/c1-16(2)19-9-11-21(12-10-19)29-24(33)14-13-23-17(3)25-18(4)30-32(26(25)31(5)27(23)34)22-8-6-7-20(28)15-22/h6-12,15-16H,13-14H2,1-5H3,(H,29,33). The third-order valence-electron chi connectivity index (χ3n) is 6.26. The molecule has 34 heavy (non-hydrogen) atoms. The van der Waals surface area contributed by atoms with E-state index < -0.39 is 0 Å². The molecule has 0 bridgehead atoms. The lowest BCUT2D eigenvalue weighted by atomic mass is 10.0. The molecule has 6 nitrogen and oxygen atoms in total. The van der Waals surface area contributed by atoms with Crippen LogP contribution in [0.2, 0.25) is 0 Å². The van der Waals surface area contributed by atoms with Gasteiger partial charge in [0.05, 0.1) is 11.4 Å². The first-order valence-corrected chi connectivity index (χ1v) is 11.4. The number of hydrogen-bond acceptors (Lipinski definition) is 3. The Morgan fingerprint density at radius 3 is 2.47 bits per heavy atom. The Morgan fingerprint density at radius 2 is 1.82 bits per heavy atom. The fourth-order valence-electron chi connectivity index (χ4n) is 4.37. The van der Waals surface area contributed by atoms with Crippen molar-refractivity contribution in [1.82, 2.24) is 14.3 Å². The topological polar surface area (TPSA) is 68.9 Å². The minimum atomic E-state index is -0.373. The number of nitrogens with zero attached hydrogens (tertiary/aromatic N) is 3. The van der Waals surface area contributed by atoms with Gasteiger partial charge in [-0.3, -0.25) is 14.2 Å². The quantitative estimate of drug-likeness (QED) is 0.431. The third-order valence-corrected chi connectivity index (χ3v) is 6.26. The number of amides is 1. The van der Waals surface area contributed by atoms with Crippen molar-refractivity contribution in [3.05, 3.63) is 87.1 Å². The minimum Gasteiger partial charge on any atom is -0.326 e. The summed E-state index contributed by atoms with van der Waals surface area (Å²) in [6.07, 6.45) is 0.500. The SMILES string of the molecule is Cc1nn(-c2cccc(F)c2)c2c1c(C)c(CCC(=O)Nc1ccc(C(C)C)cc1)c(=O)n2C. The highest BCUT2D eigenvalue weighted by atomic mass is 19.1. The summed E-state index contributed by atoms with van der Waals surface area (Å²) in [5, 5.41) is 8.34. The van der Waals surface area contributed by atoms with Crippen LogP contribution in [0.5, 0.6) is 0 Å². The molecule has 4 aromatic rings. The van der Waals surface area contributed by atoms with Crippen LogP contribution in [0, 0.1) is 19.7 Å². The molecular weight excluding hydrogens is 431 g/mol. The van der Waals surface area contributed by atoms with Gasteiger partial charge in [0.2, 0.25) is 5.91 Å². The molecule has 2 aromatic heterocycles. The van der Waals surface area contributed by atoms with E-state index in [1.807, 2.05) is 38.1 Å². The second-order valence-electron chi connectivity index (χ2n) is 8.97. The molecule has 0 unspecified atom stereocenters. The molecular formula is C27H29FN4O2. The first-order valence-electron chi connectivity index (χ1n) is 11.4. The Hall–Kier alpha value is -3.74. The van der Waals surface area contributed by atoms with E-state index in [2.05, 4.69) is 24.3 Å². The van der Waals surface area contributed by atoms with Gasteiger partial charge in [0, 0.05) is 30.1 Å². The van der Waals surface area contributed by atoms with Gasteiger partial charge in [0.25, 0.3) is 5.56 Å². The molecule has 1 N–H and O–H groups in total. The van der Waals surface area contributed by atoms with Crippen molar-refractivity contribution >= 4 is 22.6 Å². The van der Waals surface area contributed by atoms with Crippen LogP contribution in [0.15, 0.2) is 53.3 Å². The molecule has 4 rings (SSSR count). The highest BCUT2D eigenvalue weighted by molar-refractivity contribution is 5.91. The van der Waals surface area contributed by atoms with Gasteiger partial charge in [-0.25, -0.2) is 9.07 Å². The highest BCUT2D eigenvalue weighted by Crippen LogP contribution is 2.26. The van der Waals surface area contributed by atoms with Crippen LogP contribution in [0.4, 0.5) is 10.1 Å². The lowest BCUT2D eigenvalue weighted by molar-refractivity contribution is -0.116. The third kappa shape index (κ3) is 4.38. The number of pyridine rings is 1. The van der Waals surface area contributed by atoms with Gasteiger partial charge in [-0.2, -0.15) is 5.10 Å². The van der Waals surface area contributed by atoms with Gasteiger partial charge in [-0.15, -0.1) is 0 Å². The number of carbonyl (C=O) groups excluding carboxylic acids is 1. The molecule has 1 amide bonds. The van der Waals surface area contributed by atoms with Crippen LogP contribution in [-0.2, 0) is 18.3 Å². The molecule has 7 heteroatoms. The summed E-state index contributed by atoms with van der Waals surface area (Å²) < 4.78 is 17.0. The molecule has 0 spiro atoms. The zero-order chi connectivity index (χ0) is 24.6. The predicted octanol–water partition coefficient (Wildman–Crippen LogP) is 5.17. The van der Waals surface area contributed by atoms with Crippen LogP contribution >= 0.6 is 0 Å². The maximum atomic E-state index is 13.8. The monoisotopic (exact) mass is 460 g/mol. The van der Waals surface area contributed by atoms with Crippen LogP contribution in [-0.4, -0.2) is 20.3 Å². The number of benzene rings is 2. The number of anilines is 1.